The second-order valence-corrected chi connectivity index (χ2v) is 5.78. The molecule has 1 fully saturated rings. The standard InChI is InChI=1S/C10H13NO2S2/c12-8-7-13-6-4-9(8)14-15-10-3-1-2-5-11-10/h1-3,5,8-9,12H,4,6-7H2/t8-,9-/m0/s1. The lowest BCUT2D eigenvalue weighted by Crippen LogP contribution is -2.33. The van der Waals surface area contributed by atoms with E-state index in [1.807, 2.05) is 18.2 Å². The van der Waals surface area contributed by atoms with Gasteiger partial charge in [-0.2, -0.15) is 0 Å². The molecule has 1 N–H and O–H groups in total. The zero-order chi connectivity index (χ0) is 10.5. The molecule has 0 amide bonds. The predicted octanol–water partition coefficient (Wildman–Crippen LogP) is 1.97. The van der Waals surface area contributed by atoms with Crippen molar-refractivity contribution in [1.82, 2.24) is 4.98 Å². The Bertz CT molecular complexity index is 297. The smallest absolute Gasteiger partial charge is 0.106 e. The molecule has 0 aliphatic carbocycles. The molecule has 0 aromatic carbocycles. The predicted molar refractivity (Wildman–Crippen MR) is 62.9 cm³/mol. The van der Waals surface area contributed by atoms with Gasteiger partial charge in [0.25, 0.3) is 0 Å². The van der Waals surface area contributed by atoms with Gasteiger partial charge in [-0.25, -0.2) is 4.98 Å². The fourth-order valence-corrected chi connectivity index (χ4v) is 3.82. The van der Waals surface area contributed by atoms with Crippen LogP contribution in [0.3, 0.4) is 0 Å². The lowest BCUT2D eigenvalue weighted by molar-refractivity contribution is -0.000408. The maximum atomic E-state index is 9.67. The number of rotatable bonds is 3. The first-order valence-corrected chi connectivity index (χ1v) is 7.08. The quantitative estimate of drug-likeness (QED) is 0.822. The molecule has 1 aliphatic heterocycles. The number of aliphatic hydroxyl groups is 1. The lowest BCUT2D eigenvalue weighted by atomic mass is 10.2. The third kappa shape index (κ3) is 3.38. The summed E-state index contributed by atoms with van der Waals surface area (Å²) in [6.45, 7) is 1.21. The van der Waals surface area contributed by atoms with E-state index >= 15 is 0 Å². The van der Waals surface area contributed by atoms with Gasteiger partial charge in [0.05, 0.1) is 12.7 Å². The number of hydrogen-bond acceptors (Lipinski definition) is 5. The van der Waals surface area contributed by atoms with E-state index in [9.17, 15) is 5.11 Å². The molecule has 15 heavy (non-hydrogen) atoms. The van der Waals surface area contributed by atoms with Crippen molar-refractivity contribution in [3.63, 3.8) is 0 Å². The molecule has 3 nitrogen and oxygen atoms in total. The number of aromatic nitrogens is 1. The first kappa shape index (κ1) is 11.3. The van der Waals surface area contributed by atoms with Crippen LogP contribution in [0.4, 0.5) is 0 Å². The van der Waals surface area contributed by atoms with E-state index in [1.54, 1.807) is 27.8 Å². The molecule has 2 rings (SSSR count). The molecule has 0 spiro atoms. The summed E-state index contributed by atoms with van der Waals surface area (Å²) in [5.74, 6) is 0. The summed E-state index contributed by atoms with van der Waals surface area (Å²) < 4.78 is 5.18. The molecule has 0 bridgehead atoms. The summed E-state index contributed by atoms with van der Waals surface area (Å²) in [5.41, 5.74) is 0. The van der Waals surface area contributed by atoms with Gasteiger partial charge in [0.1, 0.15) is 5.03 Å². The van der Waals surface area contributed by atoms with Gasteiger partial charge in [0.2, 0.25) is 0 Å². The Morgan fingerprint density at radius 3 is 3.13 bits per heavy atom. The molecule has 82 valence electrons. The summed E-state index contributed by atoms with van der Waals surface area (Å²) in [7, 11) is 3.30. The van der Waals surface area contributed by atoms with E-state index in [0.717, 1.165) is 18.1 Å². The number of ether oxygens (including phenoxy) is 1. The Balaban J connectivity index is 1.82. The highest BCUT2D eigenvalue weighted by Crippen LogP contribution is 2.36. The average Bonchev–Trinajstić information content (AvgIpc) is 2.29. The largest absolute Gasteiger partial charge is 0.390 e. The van der Waals surface area contributed by atoms with Crippen molar-refractivity contribution in [1.29, 1.82) is 0 Å². The van der Waals surface area contributed by atoms with Gasteiger partial charge in [0, 0.05) is 18.1 Å². The molecule has 1 saturated heterocycles. The van der Waals surface area contributed by atoms with E-state index in [4.69, 9.17) is 4.74 Å². The molecule has 0 radical (unpaired) electrons. The minimum atomic E-state index is -0.347. The normalized spacial score (nSPS) is 26.5. The van der Waals surface area contributed by atoms with Crippen LogP contribution >= 0.6 is 21.6 Å². The van der Waals surface area contributed by atoms with Crippen LogP contribution in [-0.4, -0.2) is 34.7 Å². The average molecular weight is 243 g/mol. The van der Waals surface area contributed by atoms with Crippen molar-refractivity contribution in [2.45, 2.75) is 22.8 Å². The van der Waals surface area contributed by atoms with Crippen LogP contribution in [0.5, 0.6) is 0 Å². The molecular weight excluding hydrogens is 230 g/mol. The first-order valence-electron chi connectivity index (χ1n) is 4.86. The van der Waals surface area contributed by atoms with E-state index < -0.39 is 0 Å². The van der Waals surface area contributed by atoms with E-state index in [0.29, 0.717) is 6.61 Å². The minimum absolute atomic E-state index is 0.255. The van der Waals surface area contributed by atoms with Crippen molar-refractivity contribution >= 4 is 21.6 Å². The van der Waals surface area contributed by atoms with E-state index in [1.165, 1.54) is 0 Å². The second-order valence-electron chi connectivity index (χ2n) is 3.32. The van der Waals surface area contributed by atoms with Crippen LogP contribution in [0, 0.1) is 0 Å². The molecule has 1 aromatic rings. The van der Waals surface area contributed by atoms with Crippen LogP contribution in [0.2, 0.25) is 0 Å². The topological polar surface area (TPSA) is 42.4 Å². The highest BCUT2D eigenvalue weighted by atomic mass is 33.1. The van der Waals surface area contributed by atoms with Crippen molar-refractivity contribution in [3.8, 4) is 0 Å². The Labute approximate surface area is 97.0 Å². The van der Waals surface area contributed by atoms with Gasteiger partial charge in [-0.05, 0) is 29.3 Å². The van der Waals surface area contributed by atoms with E-state index in [-0.39, 0.29) is 11.4 Å². The summed E-state index contributed by atoms with van der Waals surface area (Å²) >= 11 is 0. The maximum absolute atomic E-state index is 9.67. The Morgan fingerprint density at radius 1 is 1.47 bits per heavy atom. The van der Waals surface area contributed by atoms with Gasteiger partial charge in [0.15, 0.2) is 0 Å². The van der Waals surface area contributed by atoms with Gasteiger partial charge in [-0.1, -0.05) is 16.9 Å². The summed E-state index contributed by atoms with van der Waals surface area (Å²) in [5, 5.41) is 10.9. The highest BCUT2D eigenvalue weighted by molar-refractivity contribution is 8.76. The zero-order valence-corrected chi connectivity index (χ0v) is 9.84. The van der Waals surface area contributed by atoms with E-state index in [2.05, 4.69) is 4.98 Å². The fraction of sp³-hybridized carbons (Fsp3) is 0.500. The Hall–Kier alpha value is -0.230. The summed E-state index contributed by atoms with van der Waals surface area (Å²) in [6.07, 6.45) is 2.34. The maximum Gasteiger partial charge on any atom is 0.106 e. The van der Waals surface area contributed by atoms with Gasteiger partial charge >= 0.3 is 0 Å². The fourth-order valence-electron chi connectivity index (χ4n) is 1.32. The van der Waals surface area contributed by atoms with Gasteiger partial charge < -0.3 is 9.84 Å². The van der Waals surface area contributed by atoms with Crippen LogP contribution in [0.1, 0.15) is 6.42 Å². The molecule has 0 saturated carbocycles. The third-order valence-corrected chi connectivity index (χ3v) is 5.01. The molecule has 0 unspecified atom stereocenters. The van der Waals surface area contributed by atoms with Crippen LogP contribution in [0.15, 0.2) is 29.4 Å². The Morgan fingerprint density at radius 2 is 2.40 bits per heavy atom. The molecule has 2 atom stereocenters. The molecule has 1 aromatic heterocycles. The SMILES string of the molecule is O[C@H]1COCC[C@@H]1SSc1ccccn1. The Kier molecular flexibility index (Phi) is 4.31. The van der Waals surface area contributed by atoms with Crippen molar-refractivity contribution in [2.24, 2.45) is 0 Å². The molecule has 5 heteroatoms. The van der Waals surface area contributed by atoms with Crippen LogP contribution < -0.4 is 0 Å². The van der Waals surface area contributed by atoms with Crippen molar-refractivity contribution in [3.05, 3.63) is 24.4 Å². The lowest BCUT2D eigenvalue weighted by Gasteiger charge is -2.26. The molecular formula is C10H13NO2S2. The summed E-state index contributed by atoms with van der Waals surface area (Å²) in [4.78, 5) is 4.22. The summed E-state index contributed by atoms with van der Waals surface area (Å²) in [6, 6.07) is 5.84. The molecule has 2 heterocycles. The number of nitrogens with zero attached hydrogens (tertiary/aromatic N) is 1. The second kappa shape index (κ2) is 5.75. The number of hydrogen-bond donors (Lipinski definition) is 1. The highest BCUT2D eigenvalue weighted by Gasteiger charge is 2.24. The number of aliphatic hydroxyl groups excluding tert-OH is 1. The minimum Gasteiger partial charge on any atom is -0.390 e. The van der Waals surface area contributed by atoms with Crippen LogP contribution in [0.25, 0.3) is 0 Å². The van der Waals surface area contributed by atoms with Gasteiger partial charge in [-0.3, -0.25) is 0 Å². The first-order chi connectivity index (χ1) is 7.36. The van der Waals surface area contributed by atoms with Crippen molar-refractivity contribution < 1.29 is 9.84 Å². The number of pyridine rings is 1. The van der Waals surface area contributed by atoms with Crippen LogP contribution in [-0.2, 0) is 4.74 Å². The zero-order valence-electron chi connectivity index (χ0n) is 8.20. The third-order valence-electron chi connectivity index (χ3n) is 2.16. The van der Waals surface area contributed by atoms with Crippen molar-refractivity contribution in [2.75, 3.05) is 13.2 Å². The monoisotopic (exact) mass is 243 g/mol. The van der Waals surface area contributed by atoms with Gasteiger partial charge in [-0.15, -0.1) is 0 Å². The molecule has 1 aliphatic rings.